The number of unbranched alkanes of at least 4 members (excludes halogenated alkanes) is 2. The van der Waals surface area contributed by atoms with E-state index >= 15 is 0 Å². The molecule has 0 aliphatic heterocycles. The van der Waals surface area contributed by atoms with Crippen molar-refractivity contribution in [1.29, 1.82) is 0 Å². The molecule has 0 rings (SSSR count). The number of hydrogen-bond donors (Lipinski definition) is 0. The molecule has 0 bridgehead atoms. The van der Waals surface area contributed by atoms with E-state index in [0.717, 1.165) is 0 Å². The first kappa shape index (κ1) is 9.82. The third-order valence-electron chi connectivity index (χ3n) is 1.41. The van der Waals surface area contributed by atoms with Crippen molar-refractivity contribution in [3.63, 3.8) is 0 Å². The van der Waals surface area contributed by atoms with Gasteiger partial charge in [0.05, 0.1) is 0 Å². The van der Waals surface area contributed by atoms with E-state index in [9.17, 15) is 0 Å². The van der Waals surface area contributed by atoms with Crippen LogP contribution < -0.4 is 0 Å². The predicted octanol–water partition coefficient (Wildman–Crippen LogP) is 2.86. The van der Waals surface area contributed by atoms with Crippen LogP contribution in [0.25, 0.3) is 0 Å². The van der Waals surface area contributed by atoms with Gasteiger partial charge in [0.25, 0.3) is 0 Å². The molecule has 0 saturated carbocycles. The van der Waals surface area contributed by atoms with Gasteiger partial charge in [-0.05, 0) is 0 Å². The minimum atomic E-state index is 0.149. The third kappa shape index (κ3) is 8.82. The van der Waals surface area contributed by atoms with Gasteiger partial charge in [0.15, 0.2) is 0 Å². The van der Waals surface area contributed by atoms with Crippen LogP contribution in [0.15, 0.2) is 0 Å². The van der Waals surface area contributed by atoms with Crippen molar-refractivity contribution in [1.82, 2.24) is 0 Å². The summed E-state index contributed by atoms with van der Waals surface area (Å²) in [5.74, 6) is 0. The van der Waals surface area contributed by atoms with E-state index in [0.29, 0.717) is 0 Å². The number of rotatable bonds is 6. The maximum absolute atomic E-state index is 2.29. The summed E-state index contributed by atoms with van der Waals surface area (Å²) in [6.45, 7) is 4.58. The van der Waals surface area contributed by atoms with E-state index < -0.39 is 0 Å². The zero-order chi connectivity index (χ0) is 6.95. The van der Waals surface area contributed by atoms with Crippen molar-refractivity contribution in [2.45, 2.75) is 48.3 Å². The van der Waals surface area contributed by atoms with Crippen LogP contribution in [0.1, 0.15) is 39.5 Å². The molecule has 0 aliphatic rings. The van der Waals surface area contributed by atoms with Crippen LogP contribution in [0.5, 0.6) is 0 Å². The molecule has 9 heavy (non-hydrogen) atoms. The molecule has 0 fully saturated rings. The molecule has 0 radical (unpaired) electrons. The molecule has 0 heterocycles. The van der Waals surface area contributed by atoms with Crippen molar-refractivity contribution in [2.75, 3.05) is 0 Å². The summed E-state index contributed by atoms with van der Waals surface area (Å²) in [4.78, 5) is 0. The van der Waals surface area contributed by atoms with Crippen LogP contribution in [-0.4, -0.2) is 21.6 Å². The third-order valence-corrected chi connectivity index (χ3v) is 5.45. The minimum absolute atomic E-state index is 0.149. The summed E-state index contributed by atoms with van der Waals surface area (Å²) in [6, 6.07) is 0. The van der Waals surface area contributed by atoms with Gasteiger partial charge in [0, 0.05) is 0 Å². The second-order valence-electron chi connectivity index (χ2n) is 2.46. The van der Waals surface area contributed by atoms with Crippen LogP contribution in [0.4, 0.5) is 0 Å². The zero-order valence-electron chi connectivity index (χ0n) is 6.74. The molecule has 0 unspecified atom stereocenters. The average Bonchev–Trinajstić information content (AvgIpc) is 1.89. The van der Waals surface area contributed by atoms with Gasteiger partial charge in [-0.25, -0.2) is 0 Å². The van der Waals surface area contributed by atoms with Gasteiger partial charge in [0.2, 0.25) is 0 Å². The molecule has 0 saturated heterocycles. The van der Waals surface area contributed by atoms with Crippen LogP contribution >= 0.6 is 0 Å². The van der Waals surface area contributed by atoms with Gasteiger partial charge < -0.3 is 0 Å². The van der Waals surface area contributed by atoms with Crippen molar-refractivity contribution < 1.29 is 0 Å². The summed E-state index contributed by atoms with van der Waals surface area (Å²) < 4.78 is 3.25. The molecule has 0 aliphatic carbocycles. The van der Waals surface area contributed by atoms with E-state index in [2.05, 4.69) is 13.8 Å². The van der Waals surface area contributed by atoms with Gasteiger partial charge in [0.1, 0.15) is 0 Å². The Hall–Kier alpha value is 0.818. The first-order chi connectivity index (χ1) is 4.41. The van der Waals surface area contributed by atoms with Crippen LogP contribution in [0.2, 0.25) is 8.73 Å². The average molecular weight is 237 g/mol. The standard InChI is InChI=1S/2C4H9.Sb.H/c2*1-3-4-2;;/h2*1,3-4H2,2H3;;. The second-order valence-corrected chi connectivity index (χ2v) is 6.74. The summed E-state index contributed by atoms with van der Waals surface area (Å²) in [5, 5.41) is 0. The fraction of sp³-hybridized carbons (Fsp3) is 1.00. The Morgan fingerprint density at radius 1 is 0.889 bits per heavy atom. The SMILES string of the molecule is CCC[CH2][SbH][CH2]CCC. The van der Waals surface area contributed by atoms with E-state index in [-0.39, 0.29) is 21.6 Å². The molecule has 0 amide bonds. The van der Waals surface area contributed by atoms with E-state index in [1.165, 1.54) is 25.7 Å². The molecular weight excluding hydrogens is 218 g/mol. The van der Waals surface area contributed by atoms with Crippen molar-refractivity contribution in [2.24, 2.45) is 0 Å². The van der Waals surface area contributed by atoms with Crippen LogP contribution in [0, 0.1) is 0 Å². The molecule has 0 spiro atoms. The topological polar surface area (TPSA) is 0 Å². The monoisotopic (exact) mass is 236 g/mol. The van der Waals surface area contributed by atoms with E-state index in [1.807, 2.05) is 0 Å². The number of hydrogen-bond acceptors (Lipinski definition) is 0. The molecule has 0 aromatic carbocycles. The normalized spacial score (nSPS) is 10.0. The van der Waals surface area contributed by atoms with Crippen LogP contribution in [-0.2, 0) is 0 Å². The fourth-order valence-electron chi connectivity index (χ4n) is 0.729. The van der Waals surface area contributed by atoms with Crippen molar-refractivity contribution in [3.8, 4) is 0 Å². The van der Waals surface area contributed by atoms with Crippen molar-refractivity contribution in [3.05, 3.63) is 0 Å². The summed E-state index contributed by atoms with van der Waals surface area (Å²) in [5.41, 5.74) is 0. The molecule has 0 nitrogen and oxygen atoms in total. The van der Waals surface area contributed by atoms with Gasteiger partial charge >= 0.3 is 69.9 Å². The first-order valence-corrected chi connectivity index (χ1v) is 8.16. The van der Waals surface area contributed by atoms with Crippen molar-refractivity contribution >= 4 is 21.6 Å². The Balaban J connectivity index is 2.60. The second kappa shape index (κ2) is 8.82. The zero-order valence-corrected chi connectivity index (χ0v) is 9.60. The fourth-order valence-corrected chi connectivity index (χ4v) is 4.89. The summed E-state index contributed by atoms with van der Waals surface area (Å²) in [7, 11) is 0. The van der Waals surface area contributed by atoms with Crippen LogP contribution in [0.3, 0.4) is 0 Å². The molecule has 0 atom stereocenters. The van der Waals surface area contributed by atoms with Gasteiger partial charge in [-0.3, -0.25) is 0 Å². The Morgan fingerprint density at radius 2 is 1.33 bits per heavy atom. The van der Waals surface area contributed by atoms with E-state index in [1.54, 1.807) is 8.73 Å². The van der Waals surface area contributed by atoms with Gasteiger partial charge in [-0.2, -0.15) is 0 Å². The van der Waals surface area contributed by atoms with Gasteiger partial charge in [-0.15, -0.1) is 0 Å². The van der Waals surface area contributed by atoms with E-state index in [4.69, 9.17) is 0 Å². The molecule has 0 aromatic heterocycles. The summed E-state index contributed by atoms with van der Waals surface area (Å²) >= 11 is 0.149. The molecular formula is C8H19Sb. The Labute approximate surface area is 69.9 Å². The maximum atomic E-state index is 2.29. The molecule has 0 N–H and O–H groups in total. The predicted molar refractivity (Wildman–Crippen MR) is 46.6 cm³/mol. The Morgan fingerprint density at radius 3 is 1.67 bits per heavy atom. The quantitative estimate of drug-likeness (QED) is 0.492. The Kier molecular flexibility index (Phi) is 9.62. The molecule has 1 heteroatoms. The molecule has 56 valence electrons. The van der Waals surface area contributed by atoms with Gasteiger partial charge in [-0.1, -0.05) is 0 Å². The summed E-state index contributed by atoms with van der Waals surface area (Å²) in [6.07, 6.45) is 5.84. The first-order valence-electron chi connectivity index (χ1n) is 4.12. The Bertz CT molecular complexity index is 37.8. The molecule has 0 aromatic rings.